The summed E-state index contributed by atoms with van der Waals surface area (Å²) in [6, 6.07) is 10.0. The minimum atomic E-state index is -1.23. The number of anilines is 1. The first kappa shape index (κ1) is 33.3. The number of hydrogen-bond acceptors (Lipinski definition) is 6. The highest BCUT2D eigenvalue weighted by atomic mass is 35.5. The van der Waals surface area contributed by atoms with Gasteiger partial charge < -0.3 is 25.8 Å². The molecular formula is C33H38ClN5O6. The molecule has 45 heavy (non-hydrogen) atoms. The maximum atomic E-state index is 14.0. The first-order valence-corrected chi connectivity index (χ1v) is 14.8. The third-order valence-electron chi connectivity index (χ3n) is 7.45. The Morgan fingerprint density at radius 1 is 1.07 bits per heavy atom. The predicted molar refractivity (Wildman–Crippen MR) is 174 cm³/mol. The number of aliphatic carboxylic acids is 1. The van der Waals surface area contributed by atoms with E-state index >= 15 is 0 Å². The normalized spacial score (nSPS) is 18.7. The highest BCUT2D eigenvalue weighted by Gasteiger charge is 2.50. The standard InChI is InChI=1S/C33H38ClN5O6/c1-19(35-30(44)45-32(5,6)7)26-37-24-16-11-15-23(34)25(24)27(40)39(26)21-13-10-12-20(18-21)36-29(43)38-33(31(2,3)4)17-9-8-14-22(33)28(41)42/h8-19,22H,1-7H3,(H,35,44)(H,41,42)(H2,36,38,43). The average molecular weight is 636 g/mol. The van der Waals surface area contributed by atoms with Crippen LogP contribution in [0.3, 0.4) is 0 Å². The number of urea groups is 1. The molecule has 0 radical (unpaired) electrons. The van der Waals surface area contributed by atoms with Gasteiger partial charge in [-0.3, -0.25) is 14.2 Å². The summed E-state index contributed by atoms with van der Waals surface area (Å²) in [5.41, 5.74) is -2.12. The van der Waals surface area contributed by atoms with E-state index in [9.17, 15) is 24.3 Å². The zero-order chi connectivity index (χ0) is 33.3. The van der Waals surface area contributed by atoms with Crippen LogP contribution in [-0.2, 0) is 9.53 Å². The zero-order valence-electron chi connectivity index (χ0n) is 26.3. The molecule has 1 heterocycles. The van der Waals surface area contributed by atoms with Gasteiger partial charge in [-0.05, 0) is 63.4 Å². The third kappa shape index (κ3) is 7.04. The van der Waals surface area contributed by atoms with Crippen LogP contribution in [0.15, 0.2) is 71.6 Å². The quantitative estimate of drug-likeness (QED) is 0.246. The van der Waals surface area contributed by atoms with Crippen molar-refractivity contribution in [3.05, 3.63) is 88.0 Å². The number of carbonyl (C=O) groups is 3. The number of carbonyl (C=O) groups excluding carboxylic acids is 2. The Balaban J connectivity index is 1.74. The van der Waals surface area contributed by atoms with Crippen molar-refractivity contribution in [3.8, 4) is 5.69 Å². The van der Waals surface area contributed by atoms with Crippen molar-refractivity contribution in [1.82, 2.24) is 20.2 Å². The number of halogens is 1. The van der Waals surface area contributed by atoms with Crippen LogP contribution >= 0.6 is 11.6 Å². The first-order chi connectivity index (χ1) is 20.9. The lowest BCUT2D eigenvalue weighted by atomic mass is 9.64. The number of amides is 3. The number of hydrogen-bond donors (Lipinski definition) is 4. The van der Waals surface area contributed by atoms with Crippen molar-refractivity contribution < 1.29 is 24.2 Å². The van der Waals surface area contributed by atoms with Crippen molar-refractivity contribution in [1.29, 1.82) is 0 Å². The van der Waals surface area contributed by atoms with E-state index in [2.05, 4.69) is 16.0 Å². The van der Waals surface area contributed by atoms with Crippen LogP contribution in [0.25, 0.3) is 16.6 Å². The van der Waals surface area contributed by atoms with E-state index in [1.54, 1.807) is 94.5 Å². The summed E-state index contributed by atoms with van der Waals surface area (Å²) in [5, 5.41) is 18.8. The second-order valence-electron chi connectivity index (χ2n) is 12.9. The third-order valence-corrected chi connectivity index (χ3v) is 7.76. The fraction of sp³-hybridized carbons (Fsp3) is 0.364. The Labute approximate surface area is 266 Å². The maximum Gasteiger partial charge on any atom is 0.408 e. The Bertz CT molecular complexity index is 1770. The van der Waals surface area contributed by atoms with Crippen molar-refractivity contribution >= 4 is 46.3 Å². The number of carboxylic acids is 1. The van der Waals surface area contributed by atoms with Crippen LogP contribution in [-0.4, -0.2) is 43.9 Å². The number of allylic oxidation sites excluding steroid dienone is 2. The lowest BCUT2D eigenvalue weighted by molar-refractivity contribution is -0.143. The number of aromatic nitrogens is 2. The van der Waals surface area contributed by atoms with E-state index in [4.69, 9.17) is 21.3 Å². The van der Waals surface area contributed by atoms with Gasteiger partial charge in [0.1, 0.15) is 17.3 Å². The summed E-state index contributed by atoms with van der Waals surface area (Å²) in [6.45, 7) is 12.5. The minimum absolute atomic E-state index is 0.187. The van der Waals surface area contributed by atoms with Crippen LogP contribution in [0.4, 0.5) is 15.3 Å². The molecule has 3 unspecified atom stereocenters. The highest BCUT2D eigenvalue weighted by molar-refractivity contribution is 6.35. The summed E-state index contributed by atoms with van der Waals surface area (Å²) in [5.74, 6) is -1.87. The second-order valence-corrected chi connectivity index (χ2v) is 13.3. The van der Waals surface area contributed by atoms with Gasteiger partial charge in [0.2, 0.25) is 0 Å². The Morgan fingerprint density at radius 3 is 2.40 bits per heavy atom. The van der Waals surface area contributed by atoms with E-state index in [1.807, 2.05) is 20.8 Å². The molecule has 0 fully saturated rings. The Hall–Kier alpha value is -4.64. The molecule has 4 N–H and O–H groups in total. The van der Waals surface area contributed by atoms with Gasteiger partial charge in [0.15, 0.2) is 0 Å². The molecule has 4 rings (SSSR count). The number of nitrogens with zero attached hydrogens (tertiary/aromatic N) is 2. The molecule has 3 atom stereocenters. The van der Waals surface area contributed by atoms with E-state index in [0.29, 0.717) is 16.9 Å². The van der Waals surface area contributed by atoms with Gasteiger partial charge in [0, 0.05) is 5.69 Å². The molecule has 3 amide bonds. The van der Waals surface area contributed by atoms with Crippen molar-refractivity contribution in [3.63, 3.8) is 0 Å². The summed E-state index contributed by atoms with van der Waals surface area (Å²) in [4.78, 5) is 56.9. The highest BCUT2D eigenvalue weighted by Crippen LogP contribution is 2.41. The molecular weight excluding hydrogens is 598 g/mol. The van der Waals surface area contributed by atoms with E-state index < -0.39 is 52.2 Å². The number of rotatable bonds is 6. The average Bonchev–Trinajstić information content (AvgIpc) is 2.91. The van der Waals surface area contributed by atoms with Gasteiger partial charge in [0.05, 0.1) is 33.2 Å². The molecule has 1 aromatic heterocycles. The lowest BCUT2D eigenvalue weighted by Gasteiger charge is -2.47. The van der Waals surface area contributed by atoms with E-state index in [1.165, 1.54) is 4.57 Å². The number of benzene rings is 2. The van der Waals surface area contributed by atoms with Crippen LogP contribution in [0.1, 0.15) is 60.3 Å². The summed E-state index contributed by atoms with van der Waals surface area (Å²) in [6.07, 6.45) is 5.91. The summed E-state index contributed by atoms with van der Waals surface area (Å²) < 4.78 is 6.73. The number of nitrogens with one attached hydrogen (secondary N) is 3. The molecule has 2 aromatic carbocycles. The van der Waals surface area contributed by atoms with E-state index in [-0.39, 0.29) is 16.2 Å². The molecule has 0 aliphatic heterocycles. The topological polar surface area (TPSA) is 152 Å². The number of alkyl carbamates (subject to hydrolysis) is 1. The van der Waals surface area contributed by atoms with Gasteiger partial charge in [-0.15, -0.1) is 0 Å². The predicted octanol–water partition coefficient (Wildman–Crippen LogP) is 6.36. The lowest BCUT2D eigenvalue weighted by Crippen LogP contribution is -2.63. The fourth-order valence-corrected chi connectivity index (χ4v) is 5.56. The Morgan fingerprint density at radius 2 is 1.76 bits per heavy atom. The second kappa shape index (κ2) is 12.4. The SMILES string of the molecule is CC(NC(=O)OC(C)(C)C)c1nc2cccc(Cl)c2c(=O)n1-c1cccc(NC(=O)NC2(C(C)(C)C)C=CC=CC2C(=O)O)c1. The monoisotopic (exact) mass is 635 g/mol. The van der Waals surface area contributed by atoms with Gasteiger partial charge in [-0.1, -0.05) is 68.8 Å². The smallest absolute Gasteiger partial charge is 0.408 e. The van der Waals surface area contributed by atoms with E-state index in [0.717, 1.165) is 0 Å². The maximum absolute atomic E-state index is 14.0. The number of ether oxygens (including phenoxy) is 1. The molecule has 0 bridgehead atoms. The molecule has 0 saturated carbocycles. The molecule has 0 spiro atoms. The van der Waals surface area contributed by atoms with Gasteiger partial charge >= 0.3 is 18.1 Å². The molecule has 1 aliphatic rings. The minimum Gasteiger partial charge on any atom is -0.481 e. The summed E-state index contributed by atoms with van der Waals surface area (Å²) in [7, 11) is 0. The van der Waals surface area contributed by atoms with Crippen molar-refractivity contribution in [2.45, 2.75) is 65.6 Å². The molecule has 238 valence electrons. The molecule has 3 aromatic rings. The van der Waals surface area contributed by atoms with Crippen LogP contribution in [0, 0.1) is 11.3 Å². The Kier molecular flexibility index (Phi) is 9.16. The molecule has 12 heteroatoms. The van der Waals surface area contributed by atoms with Crippen LogP contribution < -0.4 is 21.5 Å². The van der Waals surface area contributed by atoms with Crippen molar-refractivity contribution in [2.75, 3.05) is 5.32 Å². The van der Waals surface area contributed by atoms with Crippen molar-refractivity contribution in [2.24, 2.45) is 11.3 Å². The largest absolute Gasteiger partial charge is 0.481 e. The van der Waals surface area contributed by atoms with Crippen LogP contribution in [0.2, 0.25) is 5.02 Å². The van der Waals surface area contributed by atoms with Gasteiger partial charge in [-0.25, -0.2) is 14.6 Å². The molecule has 11 nitrogen and oxygen atoms in total. The first-order valence-electron chi connectivity index (χ1n) is 14.4. The van der Waals surface area contributed by atoms with Gasteiger partial charge in [-0.2, -0.15) is 0 Å². The van der Waals surface area contributed by atoms with Crippen LogP contribution in [0.5, 0.6) is 0 Å². The molecule has 0 saturated heterocycles. The fourth-order valence-electron chi connectivity index (χ4n) is 5.31. The zero-order valence-corrected chi connectivity index (χ0v) is 27.0. The number of carboxylic acid groups (broad SMARTS) is 1. The summed E-state index contributed by atoms with van der Waals surface area (Å²) >= 11 is 6.43. The van der Waals surface area contributed by atoms with Gasteiger partial charge in [0.25, 0.3) is 5.56 Å². The molecule has 1 aliphatic carbocycles. The number of fused-ring (bicyclic) bond motifs is 1.